The summed E-state index contributed by atoms with van der Waals surface area (Å²) in [6.45, 7) is -0.0442. The molecule has 0 unspecified atom stereocenters. The average molecular weight is 385 g/mol. The van der Waals surface area contributed by atoms with Gasteiger partial charge in [-0.05, 0) is 30.3 Å². The minimum atomic E-state index is -0.445. The smallest absolute Gasteiger partial charge is 0.344 e. The number of nitrogens with zero attached hydrogens (tertiary/aromatic N) is 1. The number of hydrogen-bond donors (Lipinski definition) is 0. The fourth-order valence-corrected chi connectivity index (χ4v) is 3.13. The lowest BCUT2D eigenvalue weighted by Crippen LogP contribution is -2.14. The molecule has 3 rings (SSSR count). The summed E-state index contributed by atoms with van der Waals surface area (Å²) in [5.74, 6) is 1.47. The summed E-state index contributed by atoms with van der Waals surface area (Å²) in [4.78, 5) is 16.3. The van der Waals surface area contributed by atoms with Gasteiger partial charge < -0.3 is 18.9 Å². The van der Waals surface area contributed by atoms with Crippen molar-refractivity contribution in [2.24, 2.45) is 0 Å². The Hall–Kier alpha value is -3.06. The maximum absolute atomic E-state index is 11.8. The molecule has 0 spiro atoms. The van der Waals surface area contributed by atoms with Crippen LogP contribution in [0.15, 0.2) is 53.9 Å². The summed E-state index contributed by atoms with van der Waals surface area (Å²) in [6, 6.07) is 14.7. The molecule has 0 saturated heterocycles. The van der Waals surface area contributed by atoms with E-state index < -0.39 is 5.97 Å². The Balaban J connectivity index is 1.55. The van der Waals surface area contributed by atoms with E-state index in [2.05, 4.69) is 4.98 Å². The van der Waals surface area contributed by atoms with Crippen molar-refractivity contribution in [1.29, 1.82) is 0 Å². The number of aromatic nitrogens is 1. The molecular formula is C20H19NO5S. The molecule has 140 valence electrons. The van der Waals surface area contributed by atoms with Crippen molar-refractivity contribution >= 4 is 17.3 Å². The molecule has 0 fully saturated rings. The normalized spacial score (nSPS) is 10.3. The van der Waals surface area contributed by atoms with E-state index in [4.69, 9.17) is 18.9 Å². The first-order valence-electron chi connectivity index (χ1n) is 8.20. The SMILES string of the molecule is COc1ccc(-c2nc(COC(=O)COc3ccccc3)cs2)cc1OC. The molecule has 0 aliphatic carbocycles. The maximum Gasteiger partial charge on any atom is 0.344 e. The number of para-hydroxylation sites is 1. The molecule has 6 nitrogen and oxygen atoms in total. The Morgan fingerprint density at radius 1 is 1.04 bits per heavy atom. The van der Waals surface area contributed by atoms with Crippen molar-refractivity contribution in [3.05, 3.63) is 59.6 Å². The van der Waals surface area contributed by atoms with Crippen LogP contribution >= 0.6 is 11.3 Å². The first kappa shape index (κ1) is 18.7. The number of methoxy groups -OCH3 is 2. The van der Waals surface area contributed by atoms with E-state index in [1.165, 1.54) is 11.3 Å². The molecule has 2 aromatic carbocycles. The van der Waals surface area contributed by atoms with Gasteiger partial charge in [-0.25, -0.2) is 9.78 Å². The third kappa shape index (κ3) is 4.98. The minimum Gasteiger partial charge on any atom is -0.493 e. The van der Waals surface area contributed by atoms with Crippen molar-refractivity contribution in [1.82, 2.24) is 4.98 Å². The summed E-state index contributed by atoms with van der Waals surface area (Å²) in [5, 5.41) is 2.67. The van der Waals surface area contributed by atoms with Gasteiger partial charge >= 0.3 is 5.97 Å². The van der Waals surface area contributed by atoms with Crippen LogP contribution in [-0.4, -0.2) is 31.8 Å². The zero-order valence-electron chi connectivity index (χ0n) is 15.0. The highest BCUT2D eigenvalue weighted by atomic mass is 32.1. The molecule has 0 amide bonds. The van der Waals surface area contributed by atoms with Gasteiger partial charge in [0.1, 0.15) is 17.4 Å². The number of carbonyl (C=O) groups is 1. The number of benzene rings is 2. The van der Waals surface area contributed by atoms with Crippen LogP contribution in [0.25, 0.3) is 10.6 Å². The van der Waals surface area contributed by atoms with Crippen LogP contribution < -0.4 is 14.2 Å². The number of hydrogen-bond acceptors (Lipinski definition) is 7. The Bertz CT molecular complexity index is 894. The summed E-state index contributed by atoms with van der Waals surface area (Å²) >= 11 is 1.47. The van der Waals surface area contributed by atoms with Crippen molar-refractivity contribution in [3.8, 4) is 27.8 Å². The molecule has 0 atom stereocenters. The van der Waals surface area contributed by atoms with Gasteiger partial charge in [0, 0.05) is 10.9 Å². The van der Waals surface area contributed by atoms with E-state index in [0.29, 0.717) is 22.9 Å². The summed E-state index contributed by atoms with van der Waals surface area (Å²) in [7, 11) is 3.18. The van der Waals surface area contributed by atoms with Gasteiger partial charge in [-0.15, -0.1) is 11.3 Å². The van der Waals surface area contributed by atoms with E-state index in [1.54, 1.807) is 26.4 Å². The quantitative estimate of drug-likeness (QED) is 0.547. The molecule has 1 aromatic heterocycles. The zero-order chi connectivity index (χ0) is 19.1. The van der Waals surface area contributed by atoms with Crippen LogP contribution in [0.2, 0.25) is 0 Å². The topological polar surface area (TPSA) is 66.9 Å². The van der Waals surface area contributed by atoms with Crippen LogP contribution in [0, 0.1) is 0 Å². The molecule has 3 aromatic rings. The largest absolute Gasteiger partial charge is 0.493 e. The lowest BCUT2D eigenvalue weighted by atomic mass is 10.2. The molecule has 0 bridgehead atoms. The predicted octanol–water partition coefficient (Wildman–Crippen LogP) is 3.95. The van der Waals surface area contributed by atoms with Crippen LogP contribution in [-0.2, 0) is 16.1 Å². The monoisotopic (exact) mass is 385 g/mol. The molecule has 0 saturated carbocycles. The molecule has 7 heteroatoms. The number of rotatable bonds is 8. The first-order valence-corrected chi connectivity index (χ1v) is 9.08. The predicted molar refractivity (Wildman–Crippen MR) is 102 cm³/mol. The highest BCUT2D eigenvalue weighted by Gasteiger charge is 2.11. The van der Waals surface area contributed by atoms with Gasteiger partial charge in [-0.3, -0.25) is 0 Å². The molecule has 0 aliphatic rings. The number of thiazole rings is 1. The first-order chi connectivity index (χ1) is 13.2. The third-order valence-electron chi connectivity index (χ3n) is 3.66. The lowest BCUT2D eigenvalue weighted by molar-refractivity contribution is -0.147. The van der Waals surface area contributed by atoms with Crippen molar-refractivity contribution in [2.75, 3.05) is 20.8 Å². The summed E-state index contributed by atoms with van der Waals surface area (Å²) in [5.41, 5.74) is 1.58. The Morgan fingerprint density at radius 3 is 2.56 bits per heavy atom. The Morgan fingerprint density at radius 2 is 1.81 bits per heavy atom. The standard InChI is InChI=1S/C20H19NO5S/c1-23-17-9-8-14(10-18(17)24-2)20-21-15(13-27-20)11-26-19(22)12-25-16-6-4-3-5-7-16/h3-10,13H,11-12H2,1-2H3. The Kier molecular flexibility index (Phi) is 6.27. The minimum absolute atomic E-state index is 0.0980. The van der Waals surface area contributed by atoms with E-state index >= 15 is 0 Å². The fraction of sp³-hybridized carbons (Fsp3) is 0.200. The van der Waals surface area contributed by atoms with Gasteiger partial charge in [0.25, 0.3) is 0 Å². The number of carbonyl (C=O) groups excluding carboxylic acids is 1. The van der Waals surface area contributed by atoms with Gasteiger partial charge in [0.15, 0.2) is 18.1 Å². The fourth-order valence-electron chi connectivity index (χ4n) is 2.33. The molecule has 0 N–H and O–H groups in total. The van der Waals surface area contributed by atoms with Crippen LogP contribution in [0.4, 0.5) is 0 Å². The molecule has 0 radical (unpaired) electrons. The Labute approximate surface area is 161 Å². The van der Waals surface area contributed by atoms with E-state index in [-0.39, 0.29) is 13.2 Å². The zero-order valence-corrected chi connectivity index (χ0v) is 15.8. The van der Waals surface area contributed by atoms with E-state index in [1.807, 2.05) is 41.8 Å². The van der Waals surface area contributed by atoms with Crippen molar-refractivity contribution < 1.29 is 23.7 Å². The summed E-state index contributed by atoms with van der Waals surface area (Å²) < 4.78 is 21.1. The van der Waals surface area contributed by atoms with Gasteiger partial charge in [-0.1, -0.05) is 18.2 Å². The van der Waals surface area contributed by atoms with Crippen LogP contribution in [0.3, 0.4) is 0 Å². The average Bonchev–Trinajstić information content (AvgIpc) is 3.20. The lowest BCUT2D eigenvalue weighted by Gasteiger charge is -2.08. The highest BCUT2D eigenvalue weighted by Crippen LogP contribution is 2.33. The molecule has 1 heterocycles. The third-order valence-corrected chi connectivity index (χ3v) is 4.60. The second kappa shape index (κ2) is 9.05. The number of esters is 1. The van der Waals surface area contributed by atoms with Crippen molar-refractivity contribution in [2.45, 2.75) is 6.61 Å². The molecule has 0 aliphatic heterocycles. The van der Waals surface area contributed by atoms with E-state index in [0.717, 1.165) is 10.6 Å². The highest BCUT2D eigenvalue weighted by molar-refractivity contribution is 7.13. The summed E-state index contributed by atoms with van der Waals surface area (Å²) in [6.07, 6.45) is 0. The van der Waals surface area contributed by atoms with Crippen LogP contribution in [0.5, 0.6) is 17.2 Å². The van der Waals surface area contributed by atoms with Crippen LogP contribution in [0.1, 0.15) is 5.69 Å². The number of ether oxygens (including phenoxy) is 4. The van der Waals surface area contributed by atoms with Gasteiger partial charge in [0.05, 0.1) is 19.9 Å². The van der Waals surface area contributed by atoms with Crippen molar-refractivity contribution in [3.63, 3.8) is 0 Å². The molecular weight excluding hydrogens is 366 g/mol. The van der Waals surface area contributed by atoms with Gasteiger partial charge in [-0.2, -0.15) is 0 Å². The van der Waals surface area contributed by atoms with Gasteiger partial charge in [0.2, 0.25) is 0 Å². The maximum atomic E-state index is 11.8. The van der Waals surface area contributed by atoms with E-state index in [9.17, 15) is 4.79 Å². The second-order valence-corrected chi connectivity index (χ2v) is 6.33. The molecule has 27 heavy (non-hydrogen) atoms. The second-order valence-electron chi connectivity index (χ2n) is 5.48.